The van der Waals surface area contributed by atoms with Crippen LogP contribution in [0, 0.1) is 11.8 Å². The first-order valence-electron chi connectivity index (χ1n) is 8.08. The number of nitrogens with one attached hydrogen (secondary N) is 1. The fourth-order valence-electron chi connectivity index (χ4n) is 2.17. The Kier molecular flexibility index (Phi) is 5.60. The van der Waals surface area contributed by atoms with Crippen molar-refractivity contribution in [2.24, 2.45) is 5.10 Å². The van der Waals surface area contributed by atoms with E-state index in [1.807, 2.05) is 0 Å². The molecule has 0 saturated heterocycles. The van der Waals surface area contributed by atoms with Crippen LogP contribution in [0.3, 0.4) is 0 Å². The maximum Gasteiger partial charge on any atom is 0.307 e. The lowest BCUT2D eigenvalue weighted by molar-refractivity contribution is 0.0923. The van der Waals surface area contributed by atoms with Crippen LogP contribution in [-0.4, -0.2) is 21.9 Å². The summed E-state index contributed by atoms with van der Waals surface area (Å²) in [6, 6.07) is 8.57. The number of benzene rings is 1. The molecule has 27 heavy (non-hydrogen) atoms. The van der Waals surface area contributed by atoms with Gasteiger partial charge in [0.25, 0.3) is 0 Å². The molecule has 0 radical (unpaired) electrons. The molecule has 3 aromatic rings. The van der Waals surface area contributed by atoms with Crippen LogP contribution >= 0.6 is 0 Å². The molecule has 2 heterocycles. The van der Waals surface area contributed by atoms with Crippen molar-refractivity contribution in [3.05, 3.63) is 71.4 Å². The Hall–Kier alpha value is -3.49. The highest BCUT2D eigenvalue weighted by Gasteiger charge is 2.11. The van der Waals surface area contributed by atoms with E-state index in [0.29, 0.717) is 18.1 Å². The third kappa shape index (κ3) is 4.57. The van der Waals surface area contributed by atoms with E-state index in [0.717, 1.165) is 6.21 Å². The summed E-state index contributed by atoms with van der Waals surface area (Å²) in [7, 11) is 0. The number of furan rings is 1. The molecule has 1 N–H and O–H groups in total. The summed E-state index contributed by atoms with van der Waals surface area (Å²) in [5.41, 5.74) is 2.40. The topological polar surface area (TPSA) is 81.7 Å². The zero-order chi connectivity index (χ0) is 19.2. The second-order valence-corrected chi connectivity index (χ2v) is 5.41. The molecule has 0 saturated carbocycles. The Morgan fingerprint density at radius 3 is 2.78 bits per heavy atom. The fraction of sp³-hybridized carbons (Fsp3) is 0.167. The van der Waals surface area contributed by atoms with Crippen molar-refractivity contribution in [2.45, 2.75) is 20.1 Å². The molecule has 0 fully saturated rings. The second kappa shape index (κ2) is 8.26. The van der Waals surface area contributed by atoms with Gasteiger partial charge in [-0.25, -0.2) is 14.5 Å². The van der Waals surface area contributed by atoms with Gasteiger partial charge in [-0.05, 0) is 43.3 Å². The molecule has 7 nitrogen and oxygen atoms in total. The van der Waals surface area contributed by atoms with Crippen molar-refractivity contribution in [3.63, 3.8) is 0 Å². The zero-order valence-electron chi connectivity index (χ0n) is 14.4. The first-order valence-corrected chi connectivity index (χ1v) is 8.08. The van der Waals surface area contributed by atoms with Crippen molar-refractivity contribution >= 4 is 12.1 Å². The van der Waals surface area contributed by atoms with Crippen LogP contribution in [0.5, 0.6) is 5.75 Å². The molecule has 0 bridgehead atoms. The third-order valence-electron chi connectivity index (χ3n) is 3.55. The second-order valence-electron chi connectivity index (χ2n) is 5.41. The van der Waals surface area contributed by atoms with Gasteiger partial charge in [0.05, 0.1) is 18.0 Å². The summed E-state index contributed by atoms with van der Waals surface area (Å²) < 4.78 is 38.6. The van der Waals surface area contributed by atoms with Gasteiger partial charge < -0.3 is 9.15 Å². The van der Waals surface area contributed by atoms with Gasteiger partial charge in [-0.1, -0.05) is 0 Å². The van der Waals surface area contributed by atoms with Gasteiger partial charge in [-0.15, -0.1) is 0 Å². The van der Waals surface area contributed by atoms with Crippen molar-refractivity contribution < 1.29 is 22.7 Å². The first-order chi connectivity index (χ1) is 13.1. The Morgan fingerprint density at radius 1 is 1.30 bits per heavy atom. The van der Waals surface area contributed by atoms with Gasteiger partial charge in [0.15, 0.2) is 5.76 Å². The third-order valence-corrected chi connectivity index (χ3v) is 3.55. The van der Waals surface area contributed by atoms with Crippen LogP contribution < -0.4 is 10.2 Å². The van der Waals surface area contributed by atoms with Gasteiger partial charge in [0, 0.05) is 6.54 Å². The minimum absolute atomic E-state index is 0.0228. The predicted octanol–water partition coefficient (Wildman–Crippen LogP) is 3.12. The zero-order valence-corrected chi connectivity index (χ0v) is 14.4. The number of aryl methyl sites for hydroxylation is 1. The quantitative estimate of drug-likeness (QED) is 0.509. The number of hydrogen-bond acceptors (Lipinski definition) is 5. The number of carbonyl (C=O) groups excluding carboxylic acids is 1. The average molecular weight is 374 g/mol. The first kappa shape index (κ1) is 18.3. The molecular weight excluding hydrogens is 358 g/mol. The summed E-state index contributed by atoms with van der Waals surface area (Å²) in [5, 5.41) is 7.52. The summed E-state index contributed by atoms with van der Waals surface area (Å²) in [4.78, 5) is 12.0. The van der Waals surface area contributed by atoms with E-state index in [9.17, 15) is 13.6 Å². The van der Waals surface area contributed by atoms with Crippen LogP contribution in [0.1, 0.15) is 28.8 Å². The van der Waals surface area contributed by atoms with Crippen molar-refractivity contribution in [1.82, 2.24) is 15.2 Å². The number of halogens is 2. The van der Waals surface area contributed by atoms with Crippen LogP contribution in [0.4, 0.5) is 8.78 Å². The molecule has 3 rings (SSSR count). The van der Waals surface area contributed by atoms with Gasteiger partial charge in [-0.3, -0.25) is 4.79 Å². The van der Waals surface area contributed by atoms with Gasteiger partial charge in [0.1, 0.15) is 23.9 Å². The lowest BCUT2D eigenvalue weighted by atomic mass is 10.3. The molecule has 0 unspecified atom stereocenters. The minimum atomic E-state index is -0.595. The van der Waals surface area contributed by atoms with E-state index in [-0.39, 0.29) is 23.7 Å². The van der Waals surface area contributed by atoms with Crippen LogP contribution in [-0.2, 0) is 13.2 Å². The molecule has 1 aromatic carbocycles. The lowest BCUT2D eigenvalue weighted by Crippen LogP contribution is -2.16. The van der Waals surface area contributed by atoms with E-state index < -0.39 is 11.9 Å². The molecule has 9 heteroatoms. The van der Waals surface area contributed by atoms with E-state index in [1.54, 1.807) is 13.0 Å². The molecule has 0 aliphatic rings. The SMILES string of the molecule is CCn1ncc(C=NNC(=O)c2ccc(COc3ccc(F)cc3)o2)c1F. The number of nitrogens with zero attached hydrogens (tertiary/aromatic N) is 3. The molecule has 0 aliphatic heterocycles. The Labute approximate surface area is 153 Å². The molecule has 2 aromatic heterocycles. The Bertz CT molecular complexity index is 948. The van der Waals surface area contributed by atoms with Crippen molar-refractivity contribution in [3.8, 4) is 5.75 Å². The predicted molar refractivity (Wildman–Crippen MR) is 92.4 cm³/mol. The van der Waals surface area contributed by atoms with E-state index in [4.69, 9.17) is 9.15 Å². The smallest absolute Gasteiger partial charge is 0.307 e. The van der Waals surface area contributed by atoms with E-state index in [2.05, 4.69) is 15.6 Å². The highest BCUT2D eigenvalue weighted by Crippen LogP contribution is 2.15. The van der Waals surface area contributed by atoms with Crippen LogP contribution in [0.2, 0.25) is 0 Å². The fourth-order valence-corrected chi connectivity index (χ4v) is 2.17. The molecule has 0 spiro atoms. The van der Waals surface area contributed by atoms with E-state index in [1.165, 1.54) is 41.2 Å². The largest absolute Gasteiger partial charge is 0.486 e. The van der Waals surface area contributed by atoms with Crippen LogP contribution in [0.15, 0.2) is 52.1 Å². The molecule has 0 aliphatic carbocycles. The molecule has 140 valence electrons. The number of hydrogen-bond donors (Lipinski definition) is 1. The Morgan fingerprint density at radius 2 is 2.07 bits per heavy atom. The van der Waals surface area contributed by atoms with Gasteiger partial charge >= 0.3 is 5.91 Å². The maximum absolute atomic E-state index is 13.8. The number of amides is 1. The highest BCUT2D eigenvalue weighted by molar-refractivity contribution is 5.92. The number of carbonyl (C=O) groups is 1. The summed E-state index contributed by atoms with van der Waals surface area (Å²) in [6.07, 6.45) is 2.47. The molecular formula is C18H16F2N4O3. The maximum atomic E-state index is 13.8. The highest BCUT2D eigenvalue weighted by atomic mass is 19.1. The number of rotatable bonds is 7. The van der Waals surface area contributed by atoms with Gasteiger partial charge in [-0.2, -0.15) is 14.6 Å². The number of aromatic nitrogens is 2. The lowest BCUT2D eigenvalue weighted by Gasteiger charge is -2.03. The van der Waals surface area contributed by atoms with Crippen molar-refractivity contribution in [1.29, 1.82) is 0 Å². The number of ether oxygens (including phenoxy) is 1. The van der Waals surface area contributed by atoms with Gasteiger partial charge in [0.2, 0.25) is 5.95 Å². The van der Waals surface area contributed by atoms with Crippen LogP contribution in [0.25, 0.3) is 0 Å². The number of hydrazone groups is 1. The molecule has 1 amide bonds. The monoisotopic (exact) mass is 374 g/mol. The molecule has 0 atom stereocenters. The summed E-state index contributed by atoms with van der Waals surface area (Å²) in [5.74, 6) is -0.588. The Balaban J connectivity index is 1.54. The van der Waals surface area contributed by atoms with E-state index >= 15 is 0 Å². The van der Waals surface area contributed by atoms with Crippen molar-refractivity contribution in [2.75, 3.05) is 0 Å². The normalized spacial score (nSPS) is 11.1. The summed E-state index contributed by atoms with van der Waals surface area (Å²) >= 11 is 0. The standard InChI is InChI=1S/C18H16F2N4O3/c1-2-24-17(20)12(10-22-24)9-21-23-18(25)16-8-7-15(27-16)11-26-14-5-3-13(19)4-6-14/h3-10H,2,11H2,1H3,(H,23,25). The minimum Gasteiger partial charge on any atom is -0.486 e. The average Bonchev–Trinajstić information content (AvgIpc) is 3.28. The summed E-state index contributed by atoms with van der Waals surface area (Å²) in [6.45, 7) is 2.22.